The number of amides is 2. The molecule has 1 saturated carbocycles. The van der Waals surface area contributed by atoms with Crippen molar-refractivity contribution < 1.29 is 9.59 Å². The van der Waals surface area contributed by atoms with E-state index in [1.807, 2.05) is 86.5 Å². The Morgan fingerprint density at radius 2 is 1.45 bits per heavy atom. The van der Waals surface area contributed by atoms with Crippen LogP contribution in [0.2, 0.25) is 0 Å². The van der Waals surface area contributed by atoms with Crippen LogP contribution < -0.4 is 25.1 Å². The Morgan fingerprint density at radius 1 is 0.875 bits per heavy atom. The summed E-state index contributed by atoms with van der Waals surface area (Å²) in [4.78, 5) is 29.1. The molecule has 1 aromatic heterocycles. The summed E-state index contributed by atoms with van der Waals surface area (Å²) in [7, 11) is 7.93. The van der Waals surface area contributed by atoms with E-state index in [1.54, 1.807) is 11.8 Å². The van der Waals surface area contributed by atoms with Crippen molar-refractivity contribution in [1.29, 1.82) is 0 Å². The summed E-state index contributed by atoms with van der Waals surface area (Å²) in [6.45, 7) is 0. The minimum atomic E-state index is -0.0985. The maximum atomic E-state index is 12.6. The predicted molar refractivity (Wildman–Crippen MR) is 165 cm³/mol. The third-order valence-electron chi connectivity index (χ3n) is 7.06. The van der Waals surface area contributed by atoms with Gasteiger partial charge in [-0.2, -0.15) is 9.98 Å². The summed E-state index contributed by atoms with van der Waals surface area (Å²) in [6, 6.07) is 15.9. The molecule has 2 N–H and O–H groups in total. The fraction of sp³-hybridized carbons (Fsp3) is 0.379. The van der Waals surface area contributed by atoms with Gasteiger partial charge in [0.15, 0.2) is 0 Å². The van der Waals surface area contributed by atoms with Crippen molar-refractivity contribution in [2.24, 2.45) is 5.92 Å². The first-order chi connectivity index (χ1) is 19.2. The standard InChI is InChI=1S/C29H33N7O2S2/c1-35(2)22-9-5-7-18(13-22)15-24(37)30-28-32-26(39-28)20-11-12-21(17-20)27-33-34-29(40-27)31-25(38)16-19-8-6-10-23(14-19)36(3)4/h5-10,13-14,20-21H,11-12,15-17H2,1-4H3,(H,31,34,38)/p+1. The van der Waals surface area contributed by atoms with Gasteiger partial charge in [0.25, 0.3) is 5.04 Å². The van der Waals surface area contributed by atoms with Gasteiger partial charge in [-0.25, -0.2) is 4.79 Å². The Bertz CT molecular complexity index is 1480. The molecule has 9 nitrogen and oxygen atoms in total. The van der Waals surface area contributed by atoms with Crippen molar-refractivity contribution in [3.05, 3.63) is 64.7 Å². The van der Waals surface area contributed by atoms with E-state index < -0.39 is 0 Å². The van der Waals surface area contributed by atoms with Gasteiger partial charge in [-0.15, -0.1) is 10.2 Å². The molecule has 2 aliphatic rings. The van der Waals surface area contributed by atoms with Crippen LogP contribution in [0.15, 0.2) is 48.5 Å². The van der Waals surface area contributed by atoms with Gasteiger partial charge in [-0.1, -0.05) is 35.6 Å². The fourth-order valence-corrected chi connectivity index (χ4v) is 6.70. The molecule has 1 fully saturated rings. The highest BCUT2D eigenvalue weighted by molar-refractivity contribution is 8.28. The highest BCUT2D eigenvalue weighted by Gasteiger charge is 2.40. The van der Waals surface area contributed by atoms with Crippen LogP contribution in [0.1, 0.15) is 41.3 Å². The first kappa shape index (κ1) is 27.9. The van der Waals surface area contributed by atoms with E-state index in [0.29, 0.717) is 28.6 Å². The summed E-state index contributed by atoms with van der Waals surface area (Å²) in [5.74, 6) is 0.507. The zero-order valence-electron chi connectivity index (χ0n) is 23.2. The van der Waals surface area contributed by atoms with E-state index >= 15 is 0 Å². The molecule has 0 spiro atoms. The van der Waals surface area contributed by atoms with Gasteiger partial charge in [0.2, 0.25) is 11.0 Å². The molecule has 1 aliphatic carbocycles. The van der Waals surface area contributed by atoms with Crippen LogP contribution in [0.3, 0.4) is 0 Å². The lowest BCUT2D eigenvalue weighted by Crippen LogP contribution is -2.38. The van der Waals surface area contributed by atoms with Crippen molar-refractivity contribution in [3.63, 3.8) is 0 Å². The molecule has 1 aliphatic heterocycles. The van der Waals surface area contributed by atoms with Crippen LogP contribution >= 0.6 is 23.1 Å². The Balaban J connectivity index is 1.11. The molecule has 0 saturated heterocycles. The number of carbonyl (C=O) groups is 2. The predicted octanol–water partition coefficient (Wildman–Crippen LogP) is 3.66. The third-order valence-corrected chi connectivity index (χ3v) is 9.08. The molecular weight excluding hydrogens is 543 g/mol. The number of nitrogens with one attached hydrogen (secondary N) is 2. The maximum absolute atomic E-state index is 12.6. The number of anilines is 3. The molecule has 2 heterocycles. The maximum Gasteiger partial charge on any atom is 0.421 e. The smallest absolute Gasteiger partial charge is 0.378 e. The van der Waals surface area contributed by atoms with Gasteiger partial charge in [0, 0.05) is 51.4 Å². The zero-order chi connectivity index (χ0) is 28.2. The van der Waals surface area contributed by atoms with Crippen molar-refractivity contribution >= 4 is 61.6 Å². The molecule has 0 radical (unpaired) electrons. The van der Waals surface area contributed by atoms with Crippen LogP contribution in [0.4, 0.5) is 16.5 Å². The quantitative estimate of drug-likeness (QED) is 0.375. The Kier molecular flexibility index (Phi) is 8.54. The van der Waals surface area contributed by atoms with Gasteiger partial charge in [-0.3, -0.25) is 4.79 Å². The number of benzene rings is 2. The van der Waals surface area contributed by atoms with E-state index in [0.717, 1.165) is 51.8 Å². The van der Waals surface area contributed by atoms with E-state index in [2.05, 4.69) is 25.5 Å². The summed E-state index contributed by atoms with van der Waals surface area (Å²) in [5.41, 5.74) is 4.06. The van der Waals surface area contributed by atoms with E-state index in [1.165, 1.54) is 11.3 Å². The lowest BCUT2D eigenvalue weighted by atomic mass is 10.1. The molecule has 11 heteroatoms. The van der Waals surface area contributed by atoms with Crippen molar-refractivity contribution in [2.45, 2.75) is 38.0 Å². The molecule has 0 bridgehead atoms. The number of hydrogen-bond acceptors (Lipinski definition) is 8. The summed E-state index contributed by atoms with van der Waals surface area (Å²) >= 11 is 3.02. The first-order valence-electron chi connectivity index (χ1n) is 13.3. The largest absolute Gasteiger partial charge is 0.421 e. The Labute approximate surface area is 242 Å². The van der Waals surface area contributed by atoms with Gasteiger partial charge in [0.05, 0.1) is 24.6 Å². The second kappa shape index (κ2) is 12.2. The number of nitrogens with zero attached hydrogens (tertiary/aromatic N) is 5. The lowest BCUT2D eigenvalue weighted by molar-refractivity contribution is -0.119. The average Bonchev–Trinajstić information content (AvgIpc) is 3.56. The van der Waals surface area contributed by atoms with E-state index in [9.17, 15) is 9.59 Å². The number of aromatic nitrogens is 2. The molecular formula is C29H34N7O2S2+. The number of rotatable bonds is 9. The highest BCUT2D eigenvalue weighted by atomic mass is 32.2. The molecule has 2 amide bonds. The fourth-order valence-electron chi connectivity index (χ4n) is 4.90. The summed E-state index contributed by atoms with van der Waals surface area (Å²) in [6.07, 6.45) is 3.59. The second-order valence-corrected chi connectivity index (χ2v) is 12.6. The zero-order valence-corrected chi connectivity index (χ0v) is 24.8. The molecule has 2 aromatic carbocycles. The number of thioether (sulfide) groups is 1. The first-order valence-corrected chi connectivity index (χ1v) is 15.0. The molecule has 3 aromatic rings. The van der Waals surface area contributed by atoms with Gasteiger partial charge in [-0.05, 0) is 54.7 Å². The molecule has 40 heavy (non-hydrogen) atoms. The minimum Gasteiger partial charge on any atom is -0.378 e. The van der Waals surface area contributed by atoms with Crippen LogP contribution in [-0.2, 0) is 22.4 Å². The SMILES string of the molecule is CN(C)c1cccc(CC(=O)NC2=[N+]=C(C3CCC(c4nnc(NC(=O)Cc5cccc(N(C)C)c5)s4)C3)S2)c1. The third kappa shape index (κ3) is 6.91. The molecule has 2 unspecified atom stereocenters. The molecule has 208 valence electrons. The normalized spacial score (nSPS) is 17.9. The number of carbonyl (C=O) groups excluding carboxylic acids is 2. The van der Waals surface area contributed by atoms with E-state index in [-0.39, 0.29) is 18.2 Å². The lowest BCUT2D eigenvalue weighted by Gasteiger charge is -2.13. The van der Waals surface area contributed by atoms with Gasteiger partial charge in [0.1, 0.15) is 5.01 Å². The second-order valence-electron chi connectivity index (χ2n) is 10.6. The van der Waals surface area contributed by atoms with Crippen molar-refractivity contribution in [2.75, 3.05) is 43.3 Å². The van der Waals surface area contributed by atoms with Crippen molar-refractivity contribution in [1.82, 2.24) is 20.2 Å². The number of amidine groups is 1. The molecule has 5 rings (SSSR count). The number of hydrogen-bond donors (Lipinski definition) is 2. The average molecular weight is 577 g/mol. The van der Waals surface area contributed by atoms with Crippen LogP contribution in [-0.4, -0.2) is 60.4 Å². The van der Waals surface area contributed by atoms with Crippen LogP contribution in [0, 0.1) is 5.92 Å². The monoisotopic (exact) mass is 576 g/mol. The summed E-state index contributed by atoms with van der Waals surface area (Å²) < 4.78 is 4.62. The van der Waals surface area contributed by atoms with Crippen LogP contribution in [0.5, 0.6) is 0 Å². The Morgan fingerprint density at radius 3 is 2.05 bits per heavy atom. The van der Waals surface area contributed by atoms with Crippen molar-refractivity contribution in [3.8, 4) is 0 Å². The van der Waals surface area contributed by atoms with Gasteiger partial charge >= 0.3 is 11.1 Å². The molecule has 2 atom stereocenters. The van der Waals surface area contributed by atoms with Gasteiger partial charge < -0.3 is 15.1 Å². The van der Waals surface area contributed by atoms with Crippen LogP contribution in [0.25, 0.3) is 0 Å². The minimum absolute atomic E-state index is 0.0562. The topological polar surface area (TPSA) is 105 Å². The summed E-state index contributed by atoms with van der Waals surface area (Å²) in [5, 5.41) is 17.7. The highest BCUT2D eigenvalue weighted by Crippen LogP contribution is 2.42. The Hall–Kier alpha value is -3.66. The van der Waals surface area contributed by atoms with E-state index in [4.69, 9.17) is 0 Å².